The van der Waals surface area contributed by atoms with Crippen LogP contribution in [0.1, 0.15) is 47.4 Å². The molecule has 1 aromatic heterocycles. The number of aryl methyl sites for hydroxylation is 1. The highest BCUT2D eigenvalue weighted by Gasteiger charge is 2.49. The Kier molecular flexibility index (Phi) is 4.74. The Bertz CT molecular complexity index is 822. The maximum Gasteiger partial charge on any atom is 0.289 e. The summed E-state index contributed by atoms with van der Waals surface area (Å²) < 4.78 is 5.34. The predicted molar refractivity (Wildman–Crippen MR) is 98.6 cm³/mol. The van der Waals surface area contributed by atoms with Crippen LogP contribution in [-0.4, -0.2) is 40.4 Å². The number of nitrogens with zero attached hydrogens (tertiary/aromatic N) is 2. The molecular weight excluding hydrogens is 344 g/mol. The van der Waals surface area contributed by atoms with E-state index in [1.807, 2.05) is 42.2 Å². The number of rotatable bonds is 4. The number of amides is 2. The molecule has 0 aliphatic carbocycles. The lowest BCUT2D eigenvalue weighted by atomic mass is 9.86. The summed E-state index contributed by atoms with van der Waals surface area (Å²) in [7, 11) is 0. The van der Waals surface area contributed by atoms with E-state index in [1.165, 1.54) is 0 Å². The van der Waals surface area contributed by atoms with Gasteiger partial charge in [-0.2, -0.15) is 0 Å². The Hall–Kier alpha value is -2.60. The Morgan fingerprint density at radius 2 is 1.89 bits per heavy atom. The molecule has 0 atom stereocenters. The summed E-state index contributed by atoms with van der Waals surface area (Å²) >= 11 is 0. The minimum absolute atomic E-state index is 0.0348. The molecular formula is C21H24N2O4. The van der Waals surface area contributed by atoms with Gasteiger partial charge in [-0.3, -0.25) is 14.4 Å². The molecule has 0 N–H and O–H groups in total. The largest absolute Gasteiger partial charge is 0.459 e. The van der Waals surface area contributed by atoms with Crippen LogP contribution in [0.15, 0.2) is 47.1 Å². The van der Waals surface area contributed by atoms with E-state index in [0.717, 1.165) is 30.4 Å². The third-order valence-electron chi connectivity index (χ3n) is 5.70. The molecule has 2 aliphatic heterocycles. The van der Waals surface area contributed by atoms with Gasteiger partial charge in [-0.05, 0) is 37.8 Å². The van der Waals surface area contributed by atoms with Crippen LogP contribution >= 0.6 is 0 Å². The summed E-state index contributed by atoms with van der Waals surface area (Å²) in [6.45, 7) is 3.44. The molecule has 0 bridgehead atoms. The summed E-state index contributed by atoms with van der Waals surface area (Å²) in [5.74, 6) is 0.367. The molecule has 2 aliphatic rings. The van der Waals surface area contributed by atoms with Gasteiger partial charge in [0.2, 0.25) is 5.91 Å². The SMILES string of the molecule is Cc1ccoc1C(=O)N1CCC2(CCC(=O)N2OCc2ccccc2)CC1. The molecule has 1 spiro atoms. The first-order chi connectivity index (χ1) is 13.1. The van der Waals surface area contributed by atoms with Gasteiger partial charge in [0, 0.05) is 25.1 Å². The minimum atomic E-state index is -0.305. The fourth-order valence-electron chi connectivity index (χ4n) is 4.04. The summed E-state index contributed by atoms with van der Waals surface area (Å²) in [6.07, 6.45) is 4.27. The van der Waals surface area contributed by atoms with Crippen LogP contribution in [0.4, 0.5) is 0 Å². The molecule has 2 fully saturated rings. The van der Waals surface area contributed by atoms with Crippen molar-refractivity contribution >= 4 is 11.8 Å². The standard InChI is InChI=1S/C21H24N2O4/c1-16-8-14-26-19(16)20(25)22-12-10-21(11-13-22)9-7-18(24)23(21)27-15-17-5-3-2-4-6-17/h2-6,8,14H,7,9-13,15H2,1H3. The second-order valence-corrected chi connectivity index (χ2v) is 7.40. The molecule has 3 heterocycles. The average Bonchev–Trinajstić information content (AvgIpc) is 3.25. The van der Waals surface area contributed by atoms with Crippen molar-refractivity contribution in [1.29, 1.82) is 0 Å². The molecule has 2 aromatic rings. The first kappa shape index (κ1) is 17.8. The van der Waals surface area contributed by atoms with Gasteiger partial charge in [0.15, 0.2) is 5.76 Å². The van der Waals surface area contributed by atoms with Gasteiger partial charge in [0.05, 0.1) is 11.8 Å². The number of carbonyl (C=O) groups is 2. The Labute approximate surface area is 158 Å². The molecule has 0 radical (unpaired) electrons. The van der Waals surface area contributed by atoms with Crippen LogP contribution in [0.2, 0.25) is 0 Å². The summed E-state index contributed by atoms with van der Waals surface area (Å²) in [5, 5.41) is 1.60. The third-order valence-corrected chi connectivity index (χ3v) is 5.70. The zero-order valence-corrected chi connectivity index (χ0v) is 15.5. The Morgan fingerprint density at radius 3 is 2.56 bits per heavy atom. The molecule has 0 saturated carbocycles. The lowest BCUT2D eigenvalue weighted by Crippen LogP contribution is -2.54. The highest BCUT2D eigenvalue weighted by atomic mass is 16.7. The monoisotopic (exact) mass is 368 g/mol. The van der Waals surface area contributed by atoms with Gasteiger partial charge < -0.3 is 9.32 Å². The van der Waals surface area contributed by atoms with E-state index in [-0.39, 0.29) is 17.4 Å². The van der Waals surface area contributed by atoms with Gasteiger partial charge in [0.1, 0.15) is 6.61 Å². The second-order valence-electron chi connectivity index (χ2n) is 7.40. The fourth-order valence-corrected chi connectivity index (χ4v) is 4.04. The van der Waals surface area contributed by atoms with Gasteiger partial charge in [0.25, 0.3) is 5.91 Å². The molecule has 1 aromatic carbocycles. The molecule has 2 saturated heterocycles. The van der Waals surface area contributed by atoms with Crippen molar-refractivity contribution in [2.45, 2.75) is 44.8 Å². The zero-order valence-electron chi connectivity index (χ0n) is 15.5. The van der Waals surface area contributed by atoms with Crippen LogP contribution < -0.4 is 0 Å². The topological polar surface area (TPSA) is 63.0 Å². The van der Waals surface area contributed by atoms with E-state index in [4.69, 9.17) is 9.25 Å². The van der Waals surface area contributed by atoms with Crippen molar-refractivity contribution in [3.63, 3.8) is 0 Å². The maximum atomic E-state index is 12.7. The van der Waals surface area contributed by atoms with Gasteiger partial charge in [-0.15, -0.1) is 0 Å². The third kappa shape index (κ3) is 3.37. The molecule has 2 amide bonds. The number of carbonyl (C=O) groups excluding carboxylic acids is 2. The zero-order chi connectivity index (χ0) is 18.9. The lowest BCUT2D eigenvalue weighted by molar-refractivity contribution is -0.221. The van der Waals surface area contributed by atoms with Crippen LogP contribution in [0.5, 0.6) is 0 Å². The van der Waals surface area contributed by atoms with E-state index in [9.17, 15) is 9.59 Å². The second kappa shape index (κ2) is 7.19. The number of hydrogen-bond donors (Lipinski definition) is 0. The molecule has 6 nitrogen and oxygen atoms in total. The number of hydroxylamine groups is 2. The number of benzene rings is 1. The van der Waals surface area contributed by atoms with Crippen LogP contribution in [0, 0.1) is 6.92 Å². The maximum absolute atomic E-state index is 12.7. The first-order valence-corrected chi connectivity index (χ1v) is 9.42. The quantitative estimate of drug-likeness (QED) is 0.831. The molecule has 142 valence electrons. The fraction of sp³-hybridized carbons (Fsp3) is 0.429. The van der Waals surface area contributed by atoms with E-state index >= 15 is 0 Å². The highest BCUT2D eigenvalue weighted by Crippen LogP contribution is 2.40. The first-order valence-electron chi connectivity index (χ1n) is 9.42. The van der Waals surface area contributed by atoms with Crippen LogP contribution in [0.25, 0.3) is 0 Å². The molecule has 4 rings (SSSR count). The van der Waals surface area contributed by atoms with E-state index in [1.54, 1.807) is 17.4 Å². The molecule has 27 heavy (non-hydrogen) atoms. The normalized spacial score (nSPS) is 19.1. The van der Waals surface area contributed by atoms with Crippen molar-refractivity contribution in [3.05, 3.63) is 59.5 Å². The van der Waals surface area contributed by atoms with E-state index in [2.05, 4.69) is 0 Å². The van der Waals surface area contributed by atoms with Crippen LogP contribution in [0.3, 0.4) is 0 Å². The number of hydrogen-bond acceptors (Lipinski definition) is 4. The minimum Gasteiger partial charge on any atom is -0.459 e. The average molecular weight is 368 g/mol. The van der Waals surface area contributed by atoms with Crippen molar-refractivity contribution in [2.24, 2.45) is 0 Å². The van der Waals surface area contributed by atoms with Crippen molar-refractivity contribution in [1.82, 2.24) is 9.96 Å². The van der Waals surface area contributed by atoms with Crippen LogP contribution in [-0.2, 0) is 16.2 Å². The molecule has 0 unspecified atom stereocenters. The number of furan rings is 1. The van der Waals surface area contributed by atoms with Gasteiger partial charge >= 0.3 is 0 Å². The Morgan fingerprint density at radius 1 is 1.15 bits per heavy atom. The van der Waals surface area contributed by atoms with Crippen molar-refractivity contribution in [3.8, 4) is 0 Å². The predicted octanol–water partition coefficient (Wildman–Crippen LogP) is 3.32. The number of likely N-dealkylation sites (tertiary alicyclic amines) is 1. The summed E-state index contributed by atoms with van der Waals surface area (Å²) in [6, 6.07) is 11.6. The van der Waals surface area contributed by atoms with Crippen molar-refractivity contribution < 1.29 is 18.8 Å². The smallest absolute Gasteiger partial charge is 0.289 e. The highest BCUT2D eigenvalue weighted by molar-refractivity contribution is 5.93. The Balaban J connectivity index is 1.42. The van der Waals surface area contributed by atoms with E-state index in [0.29, 0.717) is 31.9 Å². The summed E-state index contributed by atoms with van der Waals surface area (Å²) in [4.78, 5) is 32.8. The van der Waals surface area contributed by atoms with Gasteiger partial charge in [-0.25, -0.2) is 5.06 Å². The van der Waals surface area contributed by atoms with E-state index < -0.39 is 0 Å². The number of piperidine rings is 1. The summed E-state index contributed by atoms with van der Waals surface area (Å²) in [5.41, 5.74) is 1.58. The van der Waals surface area contributed by atoms with Crippen molar-refractivity contribution in [2.75, 3.05) is 13.1 Å². The van der Waals surface area contributed by atoms with Gasteiger partial charge in [-0.1, -0.05) is 30.3 Å². The lowest BCUT2D eigenvalue weighted by Gasteiger charge is -2.43. The molecule has 6 heteroatoms.